The molecule has 0 bridgehead atoms. The summed E-state index contributed by atoms with van der Waals surface area (Å²) in [6, 6.07) is -0.0752. The molecule has 6 heteroatoms. The lowest BCUT2D eigenvalue weighted by Crippen LogP contribution is -2.31. The van der Waals surface area contributed by atoms with Gasteiger partial charge in [0.25, 0.3) is 0 Å². The first-order chi connectivity index (χ1) is 9.51. The molecule has 0 aliphatic heterocycles. The van der Waals surface area contributed by atoms with Crippen LogP contribution in [0.5, 0.6) is 0 Å². The molecule has 20 heavy (non-hydrogen) atoms. The van der Waals surface area contributed by atoms with Crippen molar-refractivity contribution in [2.75, 3.05) is 26.9 Å². The highest BCUT2D eigenvalue weighted by atomic mass is 16.5. The fourth-order valence-electron chi connectivity index (χ4n) is 2.31. The van der Waals surface area contributed by atoms with Crippen molar-refractivity contribution >= 4 is 5.91 Å². The molecular weight excluding hydrogens is 258 g/mol. The number of nitrogens with zero attached hydrogens (tertiary/aromatic N) is 2. The van der Waals surface area contributed by atoms with Crippen LogP contribution in [0.3, 0.4) is 0 Å². The SMILES string of the molecule is CCn1nc(C)c([C@@H](C)NC(=O)COCCOC)c1C. The van der Waals surface area contributed by atoms with E-state index < -0.39 is 0 Å². The summed E-state index contributed by atoms with van der Waals surface area (Å²) in [6.45, 7) is 9.79. The Balaban J connectivity index is 2.56. The van der Waals surface area contributed by atoms with E-state index in [1.807, 2.05) is 25.5 Å². The Morgan fingerprint density at radius 3 is 2.65 bits per heavy atom. The van der Waals surface area contributed by atoms with Crippen molar-refractivity contribution in [3.05, 3.63) is 17.0 Å². The van der Waals surface area contributed by atoms with Gasteiger partial charge in [0.1, 0.15) is 6.61 Å². The Hall–Kier alpha value is -1.40. The zero-order chi connectivity index (χ0) is 15.1. The quantitative estimate of drug-likeness (QED) is 0.732. The van der Waals surface area contributed by atoms with Gasteiger partial charge in [-0.05, 0) is 27.7 Å². The molecule has 0 unspecified atom stereocenters. The topological polar surface area (TPSA) is 65.4 Å². The zero-order valence-electron chi connectivity index (χ0n) is 13.0. The van der Waals surface area contributed by atoms with Gasteiger partial charge in [-0.1, -0.05) is 0 Å². The maximum atomic E-state index is 11.8. The lowest BCUT2D eigenvalue weighted by Gasteiger charge is -2.15. The van der Waals surface area contributed by atoms with E-state index in [9.17, 15) is 4.79 Å². The highest BCUT2D eigenvalue weighted by Gasteiger charge is 2.18. The number of amides is 1. The third-order valence-corrected chi connectivity index (χ3v) is 3.21. The van der Waals surface area contributed by atoms with Crippen LogP contribution in [0.4, 0.5) is 0 Å². The maximum absolute atomic E-state index is 11.8. The van der Waals surface area contributed by atoms with Crippen LogP contribution in [-0.2, 0) is 20.8 Å². The number of nitrogens with one attached hydrogen (secondary N) is 1. The number of aromatic nitrogens is 2. The molecule has 1 heterocycles. The van der Waals surface area contributed by atoms with Crippen LogP contribution < -0.4 is 5.32 Å². The molecule has 0 fully saturated rings. The normalized spacial score (nSPS) is 12.4. The smallest absolute Gasteiger partial charge is 0.246 e. The fraction of sp³-hybridized carbons (Fsp3) is 0.714. The number of aryl methyl sites for hydroxylation is 2. The highest BCUT2D eigenvalue weighted by molar-refractivity contribution is 5.77. The molecule has 1 aromatic rings. The van der Waals surface area contributed by atoms with Gasteiger partial charge in [-0.2, -0.15) is 5.10 Å². The average Bonchev–Trinajstić information content (AvgIpc) is 2.69. The summed E-state index contributed by atoms with van der Waals surface area (Å²) < 4.78 is 12.0. The number of ether oxygens (including phenoxy) is 2. The van der Waals surface area contributed by atoms with E-state index in [-0.39, 0.29) is 18.6 Å². The van der Waals surface area contributed by atoms with Crippen molar-refractivity contribution in [1.29, 1.82) is 0 Å². The zero-order valence-corrected chi connectivity index (χ0v) is 13.0. The molecule has 114 valence electrons. The Kier molecular flexibility index (Phi) is 6.67. The summed E-state index contributed by atoms with van der Waals surface area (Å²) in [6.07, 6.45) is 0. The lowest BCUT2D eigenvalue weighted by molar-refractivity contribution is -0.126. The van der Waals surface area contributed by atoms with Crippen LogP contribution in [0.2, 0.25) is 0 Å². The summed E-state index contributed by atoms with van der Waals surface area (Å²) in [5.74, 6) is -0.128. The predicted octanol–water partition coefficient (Wildman–Crippen LogP) is 1.36. The van der Waals surface area contributed by atoms with Gasteiger partial charge in [0.05, 0.1) is 24.9 Å². The number of methoxy groups -OCH3 is 1. The van der Waals surface area contributed by atoms with Crippen molar-refractivity contribution < 1.29 is 14.3 Å². The molecule has 0 aliphatic carbocycles. The average molecular weight is 283 g/mol. The van der Waals surface area contributed by atoms with Crippen LogP contribution >= 0.6 is 0 Å². The molecule has 0 saturated heterocycles. The van der Waals surface area contributed by atoms with E-state index in [0.29, 0.717) is 13.2 Å². The van der Waals surface area contributed by atoms with Gasteiger partial charge in [-0.3, -0.25) is 9.48 Å². The monoisotopic (exact) mass is 283 g/mol. The fourth-order valence-corrected chi connectivity index (χ4v) is 2.31. The van der Waals surface area contributed by atoms with E-state index >= 15 is 0 Å². The predicted molar refractivity (Wildman–Crippen MR) is 76.6 cm³/mol. The number of carbonyl (C=O) groups excluding carboxylic acids is 1. The molecule has 0 spiro atoms. The molecule has 1 atom stereocenters. The largest absolute Gasteiger partial charge is 0.382 e. The second-order valence-corrected chi connectivity index (χ2v) is 4.73. The Morgan fingerprint density at radius 2 is 2.10 bits per heavy atom. The molecule has 6 nitrogen and oxygen atoms in total. The molecule has 0 aromatic carbocycles. The number of rotatable bonds is 8. The highest BCUT2D eigenvalue weighted by Crippen LogP contribution is 2.21. The molecule has 0 radical (unpaired) electrons. The molecule has 0 aliphatic rings. The van der Waals surface area contributed by atoms with Crippen molar-refractivity contribution in [3.63, 3.8) is 0 Å². The summed E-state index contributed by atoms with van der Waals surface area (Å²) >= 11 is 0. The summed E-state index contributed by atoms with van der Waals surface area (Å²) in [4.78, 5) is 11.8. The minimum absolute atomic E-state index is 0.0493. The van der Waals surface area contributed by atoms with E-state index in [1.54, 1.807) is 7.11 Å². The summed E-state index contributed by atoms with van der Waals surface area (Å²) in [5.41, 5.74) is 3.13. The summed E-state index contributed by atoms with van der Waals surface area (Å²) in [7, 11) is 1.60. The first-order valence-electron chi connectivity index (χ1n) is 6.91. The molecule has 1 N–H and O–H groups in total. The first kappa shape index (κ1) is 16.7. The van der Waals surface area contributed by atoms with E-state index in [1.165, 1.54) is 0 Å². The van der Waals surface area contributed by atoms with Crippen molar-refractivity contribution in [2.24, 2.45) is 0 Å². The van der Waals surface area contributed by atoms with Crippen LogP contribution in [-0.4, -0.2) is 42.6 Å². The van der Waals surface area contributed by atoms with Crippen molar-refractivity contribution in [2.45, 2.75) is 40.3 Å². The van der Waals surface area contributed by atoms with Crippen molar-refractivity contribution in [1.82, 2.24) is 15.1 Å². The first-order valence-corrected chi connectivity index (χ1v) is 6.91. The Morgan fingerprint density at radius 1 is 1.40 bits per heavy atom. The number of hydrogen-bond donors (Lipinski definition) is 1. The summed E-state index contributed by atoms with van der Waals surface area (Å²) in [5, 5.41) is 7.40. The van der Waals surface area contributed by atoms with Crippen LogP contribution in [0.25, 0.3) is 0 Å². The minimum atomic E-state index is -0.128. The van der Waals surface area contributed by atoms with Gasteiger partial charge in [-0.15, -0.1) is 0 Å². The van der Waals surface area contributed by atoms with Gasteiger partial charge in [0.2, 0.25) is 5.91 Å². The number of carbonyl (C=O) groups is 1. The van der Waals surface area contributed by atoms with Crippen LogP contribution in [0, 0.1) is 13.8 Å². The number of hydrogen-bond acceptors (Lipinski definition) is 4. The van der Waals surface area contributed by atoms with Gasteiger partial charge < -0.3 is 14.8 Å². The molecule has 1 aromatic heterocycles. The molecule has 1 amide bonds. The van der Waals surface area contributed by atoms with E-state index in [0.717, 1.165) is 23.5 Å². The van der Waals surface area contributed by atoms with Gasteiger partial charge in [0, 0.05) is 24.9 Å². The minimum Gasteiger partial charge on any atom is -0.382 e. The van der Waals surface area contributed by atoms with Gasteiger partial charge >= 0.3 is 0 Å². The second-order valence-electron chi connectivity index (χ2n) is 4.73. The Bertz CT molecular complexity index is 443. The standard InChI is InChI=1S/C14H25N3O3/c1-6-17-12(4)14(11(3)16-17)10(2)15-13(18)9-20-8-7-19-5/h10H,6-9H2,1-5H3,(H,15,18)/t10-/m1/s1. The molecule has 1 rings (SSSR count). The Labute approximate surface area is 120 Å². The van der Waals surface area contributed by atoms with Gasteiger partial charge in [-0.25, -0.2) is 0 Å². The van der Waals surface area contributed by atoms with Crippen LogP contribution in [0.1, 0.15) is 36.8 Å². The third kappa shape index (κ3) is 4.31. The van der Waals surface area contributed by atoms with Crippen LogP contribution in [0.15, 0.2) is 0 Å². The third-order valence-electron chi connectivity index (χ3n) is 3.21. The molecule has 0 saturated carbocycles. The van der Waals surface area contributed by atoms with E-state index in [4.69, 9.17) is 9.47 Å². The van der Waals surface area contributed by atoms with Crippen molar-refractivity contribution in [3.8, 4) is 0 Å². The molecular formula is C14H25N3O3. The second kappa shape index (κ2) is 8.01. The maximum Gasteiger partial charge on any atom is 0.246 e. The lowest BCUT2D eigenvalue weighted by atomic mass is 10.1. The van der Waals surface area contributed by atoms with Gasteiger partial charge in [0.15, 0.2) is 0 Å². The van der Waals surface area contributed by atoms with E-state index in [2.05, 4.69) is 17.3 Å².